The van der Waals surface area contributed by atoms with Crippen LogP contribution >= 0.6 is 0 Å². The SMILES string of the molecule is O=C(O)C(Cc1cccc(C(F)(F)F)c1)C1CCCCC1. The van der Waals surface area contributed by atoms with Crippen molar-refractivity contribution in [1.29, 1.82) is 0 Å². The molecule has 0 aliphatic heterocycles. The minimum Gasteiger partial charge on any atom is -0.481 e. The van der Waals surface area contributed by atoms with E-state index in [0.717, 1.165) is 44.2 Å². The predicted molar refractivity (Wildman–Crippen MR) is 72.8 cm³/mol. The molecule has 1 atom stereocenters. The van der Waals surface area contributed by atoms with E-state index in [1.807, 2.05) is 0 Å². The van der Waals surface area contributed by atoms with Gasteiger partial charge in [-0.25, -0.2) is 0 Å². The number of carboxylic acid groups (broad SMARTS) is 1. The zero-order valence-corrected chi connectivity index (χ0v) is 11.7. The lowest BCUT2D eigenvalue weighted by atomic mass is 9.77. The van der Waals surface area contributed by atoms with Gasteiger partial charge in [-0.05, 0) is 36.8 Å². The van der Waals surface area contributed by atoms with Gasteiger partial charge in [-0.15, -0.1) is 0 Å². The normalized spacial score (nSPS) is 18.4. The van der Waals surface area contributed by atoms with Gasteiger partial charge in [0.05, 0.1) is 11.5 Å². The molecule has 1 N–H and O–H groups in total. The highest BCUT2D eigenvalue weighted by Gasteiger charge is 2.32. The van der Waals surface area contributed by atoms with Gasteiger partial charge in [0, 0.05) is 0 Å². The number of halogens is 3. The third-order valence-electron chi connectivity index (χ3n) is 4.25. The number of benzene rings is 1. The first-order chi connectivity index (χ1) is 9.88. The standard InChI is InChI=1S/C16H19F3O2/c17-16(18,19)13-8-4-5-11(9-13)10-14(15(20)21)12-6-2-1-3-7-12/h4-5,8-9,12,14H,1-3,6-7,10H2,(H,20,21). The largest absolute Gasteiger partial charge is 0.481 e. The highest BCUT2D eigenvalue weighted by molar-refractivity contribution is 5.70. The van der Waals surface area contributed by atoms with Crippen LogP contribution in [0.3, 0.4) is 0 Å². The van der Waals surface area contributed by atoms with E-state index in [-0.39, 0.29) is 12.3 Å². The van der Waals surface area contributed by atoms with Crippen LogP contribution in [-0.2, 0) is 17.4 Å². The summed E-state index contributed by atoms with van der Waals surface area (Å²) in [5, 5.41) is 9.39. The summed E-state index contributed by atoms with van der Waals surface area (Å²) in [6.45, 7) is 0. The van der Waals surface area contributed by atoms with Crippen LogP contribution in [0.5, 0.6) is 0 Å². The van der Waals surface area contributed by atoms with Crippen molar-refractivity contribution in [2.45, 2.75) is 44.7 Å². The molecule has 116 valence electrons. The Labute approximate surface area is 122 Å². The Hall–Kier alpha value is -1.52. The molecule has 1 aliphatic carbocycles. The second kappa shape index (κ2) is 6.50. The van der Waals surface area contributed by atoms with Crippen LogP contribution in [0.2, 0.25) is 0 Å². The Morgan fingerprint density at radius 1 is 1.24 bits per heavy atom. The molecule has 5 heteroatoms. The van der Waals surface area contributed by atoms with E-state index in [4.69, 9.17) is 0 Å². The molecular weight excluding hydrogens is 281 g/mol. The molecule has 0 radical (unpaired) electrons. The van der Waals surface area contributed by atoms with Gasteiger partial charge in [0.25, 0.3) is 0 Å². The first-order valence-corrected chi connectivity index (χ1v) is 7.27. The maximum Gasteiger partial charge on any atom is 0.416 e. The Morgan fingerprint density at radius 3 is 2.48 bits per heavy atom. The monoisotopic (exact) mass is 300 g/mol. The van der Waals surface area contributed by atoms with Crippen molar-refractivity contribution >= 4 is 5.97 Å². The van der Waals surface area contributed by atoms with Gasteiger partial charge in [-0.3, -0.25) is 4.79 Å². The molecule has 1 aliphatic rings. The molecule has 0 amide bonds. The van der Waals surface area contributed by atoms with Crippen molar-refractivity contribution < 1.29 is 23.1 Å². The molecule has 1 aromatic rings. The molecule has 0 aromatic heterocycles. The zero-order chi connectivity index (χ0) is 15.5. The molecule has 0 spiro atoms. The fourth-order valence-corrected chi connectivity index (χ4v) is 3.12. The lowest BCUT2D eigenvalue weighted by molar-refractivity contribution is -0.144. The summed E-state index contributed by atoms with van der Waals surface area (Å²) in [6, 6.07) is 5.00. The van der Waals surface area contributed by atoms with Crippen molar-refractivity contribution in [2.75, 3.05) is 0 Å². The fourth-order valence-electron chi connectivity index (χ4n) is 3.12. The van der Waals surface area contributed by atoms with Crippen LogP contribution < -0.4 is 0 Å². The number of carboxylic acids is 1. The minimum absolute atomic E-state index is 0.0748. The van der Waals surface area contributed by atoms with Crippen LogP contribution in [0.1, 0.15) is 43.2 Å². The third-order valence-corrected chi connectivity index (χ3v) is 4.25. The zero-order valence-electron chi connectivity index (χ0n) is 11.7. The van der Waals surface area contributed by atoms with Crippen LogP contribution in [0.25, 0.3) is 0 Å². The fraction of sp³-hybridized carbons (Fsp3) is 0.562. The molecular formula is C16H19F3O2. The molecule has 0 saturated heterocycles. The third kappa shape index (κ3) is 4.22. The van der Waals surface area contributed by atoms with Gasteiger partial charge in [-0.2, -0.15) is 13.2 Å². The molecule has 2 rings (SSSR count). The van der Waals surface area contributed by atoms with Gasteiger partial charge < -0.3 is 5.11 Å². The molecule has 2 nitrogen and oxygen atoms in total. The summed E-state index contributed by atoms with van der Waals surface area (Å²) in [6.07, 6.45) is 0.635. The van der Waals surface area contributed by atoms with Gasteiger partial charge in [-0.1, -0.05) is 37.5 Å². The first-order valence-electron chi connectivity index (χ1n) is 7.27. The molecule has 1 saturated carbocycles. The van der Waals surface area contributed by atoms with Crippen LogP contribution in [-0.4, -0.2) is 11.1 Å². The topological polar surface area (TPSA) is 37.3 Å². The number of aliphatic carboxylic acids is 1. The average Bonchev–Trinajstić information content (AvgIpc) is 2.45. The van der Waals surface area contributed by atoms with E-state index in [1.54, 1.807) is 6.07 Å². The van der Waals surface area contributed by atoms with Gasteiger partial charge in [0.15, 0.2) is 0 Å². The summed E-state index contributed by atoms with van der Waals surface area (Å²) in [4.78, 5) is 11.5. The molecule has 1 aromatic carbocycles. The van der Waals surface area contributed by atoms with E-state index < -0.39 is 23.6 Å². The summed E-state index contributed by atoms with van der Waals surface area (Å²) >= 11 is 0. The van der Waals surface area contributed by atoms with Crippen molar-refractivity contribution in [3.63, 3.8) is 0 Å². The number of carbonyl (C=O) groups is 1. The second-order valence-corrected chi connectivity index (χ2v) is 5.75. The molecule has 1 unspecified atom stereocenters. The number of rotatable bonds is 4. The van der Waals surface area contributed by atoms with Crippen molar-refractivity contribution in [2.24, 2.45) is 11.8 Å². The van der Waals surface area contributed by atoms with Crippen molar-refractivity contribution in [1.82, 2.24) is 0 Å². The van der Waals surface area contributed by atoms with Crippen molar-refractivity contribution in [3.8, 4) is 0 Å². The quantitative estimate of drug-likeness (QED) is 0.887. The number of hydrogen-bond acceptors (Lipinski definition) is 1. The lowest BCUT2D eigenvalue weighted by Crippen LogP contribution is -2.27. The van der Waals surface area contributed by atoms with E-state index in [0.29, 0.717) is 5.56 Å². The highest BCUT2D eigenvalue weighted by atomic mass is 19.4. The summed E-state index contributed by atoms with van der Waals surface area (Å²) in [5.41, 5.74) is -0.268. The summed E-state index contributed by atoms with van der Waals surface area (Å²) < 4.78 is 38.1. The Balaban J connectivity index is 2.15. The maximum atomic E-state index is 12.7. The van der Waals surface area contributed by atoms with Crippen LogP contribution in [0, 0.1) is 11.8 Å². The second-order valence-electron chi connectivity index (χ2n) is 5.75. The van der Waals surface area contributed by atoms with Gasteiger partial charge in [0.2, 0.25) is 0 Å². The molecule has 1 fully saturated rings. The Bertz CT molecular complexity index is 491. The lowest BCUT2D eigenvalue weighted by Gasteiger charge is -2.27. The molecule has 0 bridgehead atoms. The van der Waals surface area contributed by atoms with E-state index in [1.165, 1.54) is 6.07 Å². The van der Waals surface area contributed by atoms with Gasteiger partial charge >= 0.3 is 12.1 Å². The predicted octanol–water partition coefficient (Wildman–Crippen LogP) is 4.53. The van der Waals surface area contributed by atoms with E-state index in [9.17, 15) is 23.1 Å². The summed E-state index contributed by atoms with van der Waals surface area (Å²) in [7, 11) is 0. The first kappa shape index (κ1) is 15.9. The van der Waals surface area contributed by atoms with Gasteiger partial charge in [0.1, 0.15) is 0 Å². The highest BCUT2D eigenvalue weighted by Crippen LogP contribution is 2.34. The minimum atomic E-state index is -4.39. The number of hydrogen-bond donors (Lipinski definition) is 1. The molecule has 21 heavy (non-hydrogen) atoms. The maximum absolute atomic E-state index is 12.7. The van der Waals surface area contributed by atoms with E-state index in [2.05, 4.69) is 0 Å². The molecule has 0 heterocycles. The van der Waals surface area contributed by atoms with Crippen LogP contribution in [0.15, 0.2) is 24.3 Å². The Kier molecular flexibility index (Phi) is 4.91. The smallest absolute Gasteiger partial charge is 0.416 e. The van der Waals surface area contributed by atoms with E-state index >= 15 is 0 Å². The summed E-state index contributed by atoms with van der Waals surface area (Å²) in [5.74, 6) is -1.42. The number of alkyl halides is 3. The average molecular weight is 300 g/mol. The van der Waals surface area contributed by atoms with Crippen molar-refractivity contribution in [3.05, 3.63) is 35.4 Å². The Morgan fingerprint density at radius 2 is 1.90 bits per heavy atom. The van der Waals surface area contributed by atoms with Crippen LogP contribution in [0.4, 0.5) is 13.2 Å².